The Kier molecular flexibility index (Phi) is 7.27. The van der Waals surface area contributed by atoms with E-state index in [0.29, 0.717) is 5.56 Å². The first-order valence-electron chi connectivity index (χ1n) is 10.2. The van der Waals surface area contributed by atoms with Gasteiger partial charge < -0.3 is 0 Å². The maximum atomic E-state index is 14.1. The smallest absolute Gasteiger partial charge is 0.139 e. The Bertz CT molecular complexity index is 1070. The van der Waals surface area contributed by atoms with E-state index in [9.17, 15) is 4.39 Å². The van der Waals surface area contributed by atoms with Gasteiger partial charge in [-0.25, -0.2) is 4.39 Å². The predicted molar refractivity (Wildman–Crippen MR) is 119 cm³/mol. The van der Waals surface area contributed by atoms with Gasteiger partial charge in [-0.2, -0.15) is 0 Å². The van der Waals surface area contributed by atoms with Crippen molar-refractivity contribution >= 4 is 0 Å². The van der Waals surface area contributed by atoms with Crippen LogP contribution in [0.4, 0.5) is 4.39 Å². The average Bonchev–Trinajstić information content (AvgIpc) is 2.74. The molecule has 0 fully saturated rings. The van der Waals surface area contributed by atoms with Crippen LogP contribution in [0.5, 0.6) is 0 Å². The second-order valence-corrected chi connectivity index (χ2v) is 7.09. The van der Waals surface area contributed by atoms with Crippen LogP contribution in [0.3, 0.4) is 0 Å². The van der Waals surface area contributed by atoms with E-state index >= 15 is 0 Å². The molecule has 29 heavy (non-hydrogen) atoms. The number of aryl methyl sites for hydroxylation is 2. The van der Waals surface area contributed by atoms with Gasteiger partial charge in [0.2, 0.25) is 0 Å². The Balaban J connectivity index is 1.68. The Labute approximate surface area is 173 Å². The minimum Gasteiger partial charge on any atom is -0.206 e. The molecule has 0 aromatic heterocycles. The molecule has 0 bridgehead atoms. The van der Waals surface area contributed by atoms with Crippen LogP contribution in [0.15, 0.2) is 66.7 Å². The van der Waals surface area contributed by atoms with Crippen molar-refractivity contribution in [2.75, 3.05) is 0 Å². The highest BCUT2D eigenvalue weighted by Crippen LogP contribution is 2.12. The average molecular weight is 381 g/mol. The molecule has 0 radical (unpaired) electrons. The van der Waals surface area contributed by atoms with Crippen molar-refractivity contribution in [2.45, 2.75) is 39.5 Å². The van der Waals surface area contributed by atoms with E-state index in [1.807, 2.05) is 30.3 Å². The molecule has 0 saturated carbocycles. The van der Waals surface area contributed by atoms with Crippen LogP contribution in [-0.2, 0) is 12.8 Å². The normalized spacial score (nSPS) is 9.90. The number of halogens is 1. The van der Waals surface area contributed by atoms with Crippen molar-refractivity contribution in [1.29, 1.82) is 0 Å². The largest absolute Gasteiger partial charge is 0.206 e. The van der Waals surface area contributed by atoms with E-state index in [1.54, 1.807) is 12.1 Å². The Hall–Kier alpha value is -3.29. The molecule has 0 unspecified atom stereocenters. The second-order valence-electron chi connectivity index (χ2n) is 7.09. The molecule has 144 valence electrons. The van der Waals surface area contributed by atoms with Crippen molar-refractivity contribution in [1.82, 2.24) is 0 Å². The van der Waals surface area contributed by atoms with Gasteiger partial charge in [0.05, 0.1) is 5.56 Å². The summed E-state index contributed by atoms with van der Waals surface area (Å²) in [5.74, 6) is 12.1. The summed E-state index contributed by atoms with van der Waals surface area (Å²) in [7, 11) is 0. The minimum absolute atomic E-state index is 0.254. The van der Waals surface area contributed by atoms with E-state index in [2.05, 4.69) is 61.8 Å². The highest BCUT2D eigenvalue weighted by molar-refractivity contribution is 5.48. The number of rotatable bonds is 4. The van der Waals surface area contributed by atoms with Crippen LogP contribution in [0, 0.1) is 29.5 Å². The first kappa shape index (κ1) is 20.4. The lowest BCUT2D eigenvalue weighted by atomic mass is 10.1. The van der Waals surface area contributed by atoms with Gasteiger partial charge in [0.1, 0.15) is 5.82 Å². The maximum absolute atomic E-state index is 14.1. The molecular weight excluding hydrogens is 355 g/mol. The highest BCUT2D eigenvalue weighted by Gasteiger charge is 2.00. The van der Waals surface area contributed by atoms with Gasteiger partial charge in [0, 0.05) is 16.7 Å². The monoisotopic (exact) mass is 380 g/mol. The third-order valence-electron chi connectivity index (χ3n) is 4.64. The van der Waals surface area contributed by atoms with Crippen molar-refractivity contribution < 1.29 is 4.39 Å². The molecule has 0 aliphatic carbocycles. The lowest BCUT2D eigenvalue weighted by Crippen LogP contribution is -1.89. The SMILES string of the molecule is CCCc1ccc(C#Cc2ccc(C#Cc3ccc(CCC)cc3F)cc2)cc1. The van der Waals surface area contributed by atoms with Gasteiger partial charge in [-0.15, -0.1) is 0 Å². The fourth-order valence-electron chi connectivity index (χ4n) is 3.07. The van der Waals surface area contributed by atoms with Gasteiger partial charge in [-0.1, -0.05) is 68.6 Å². The van der Waals surface area contributed by atoms with E-state index in [1.165, 1.54) is 5.56 Å². The molecule has 0 N–H and O–H groups in total. The summed E-state index contributed by atoms with van der Waals surface area (Å²) >= 11 is 0. The summed E-state index contributed by atoms with van der Waals surface area (Å²) < 4.78 is 14.1. The van der Waals surface area contributed by atoms with E-state index in [4.69, 9.17) is 0 Å². The molecule has 0 spiro atoms. The van der Waals surface area contributed by atoms with Gasteiger partial charge in [0.15, 0.2) is 0 Å². The molecule has 3 aromatic carbocycles. The topological polar surface area (TPSA) is 0 Å². The van der Waals surface area contributed by atoms with Crippen LogP contribution in [0.1, 0.15) is 60.1 Å². The van der Waals surface area contributed by atoms with Gasteiger partial charge in [-0.3, -0.25) is 0 Å². The maximum Gasteiger partial charge on any atom is 0.139 e. The Morgan fingerprint density at radius 3 is 1.55 bits per heavy atom. The lowest BCUT2D eigenvalue weighted by molar-refractivity contribution is 0.621. The lowest BCUT2D eigenvalue weighted by Gasteiger charge is -2.00. The zero-order valence-electron chi connectivity index (χ0n) is 17.1. The Morgan fingerprint density at radius 1 is 0.586 bits per heavy atom. The fraction of sp³-hybridized carbons (Fsp3) is 0.214. The van der Waals surface area contributed by atoms with Crippen molar-refractivity contribution in [2.24, 2.45) is 0 Å². The summed E-state index contributed by atoms with van der Waals surface area (Å²) in [4.78, 5) is 0. The third-order valence-corrected chi connectivity index (χ3v) is 4.64. The molecular formula is C28H25F. The van der Waals surface area contributed by atoms with E-state index in [-0.39, 0.29) is 5.82 Å². The molecule has 3 aromatic rings. The molecule has 0 amide bonds. The summed E-state index contributed by atoms with van der Waals surface area (Å²) in [6.07, 6.45) is 4.14. The van der Waals surface area contributed by atoms with Crippen LogP contribution in [-0.4, -0.2) is 0 Å². The summed E-state index contributed by atoms with van der Waals surface area (Å²) in [5, 5.41) is 0. The van der Waals surface area contributed by atoms with Crippen molar-refractivity contribution in [3.8, 4) is 23.7 Å². The first-order chi connectivity index (χ1) is 14.2. The van der Waals surface area contributed by atoms with Crippen molar-refractivity contribution in [3.05, 3.63) is 106 Å². The molecule has 0 atom stereocenters. The van der Waals surface area contributed by atoms with Gasteiger partial charge >= 0.3 is 0 Å². The standard InChI is InChI=1S/C28H25F/c1-3-5-22-7-9-23(10-8-22)11-12-24-13-15-25(16-14-24)17-19-27-20-18-26(6-4-2)21-28(27)29/h7-10,13-16,18,20-21H,3-6H2,1-2H3. The molecule has 3 rings (SSSR count). The Morgan fingerprint density at radius 2 is 1.03 bits per heavy atom. The summed E-state index contributed by atoms with van der Waals surface area (Å²) in [6, 6.07) is 21.4. The van der Waals surface area contributed by atoms with Crippen LogP contribution < -0.4 is 0 Å². The zero-order chi connectivity index (χ0) is 20.5. The van der Waals surface area contributed by atoms with E-state index in [0.717, 1.165) is 47.9 Å². The van der Waals surface area contributed by atoms with Gasteiger partial charge in [0.25, 0.3) is 0 Å². The van der Waals surface area contributed by atoms with Gasteiger partial charge in [-0.05, 0) is 72.5 Å². The van der Waals surface area contributed by atoms with Crippen LogP contribution >= 0.6 is 0 Å². The first-order valence-corrected chi connectivity index (χ1v) is 10.2. The minimum atomic E-state index is -0.254. The van der Waals surface area contributed by atoms with Crippen molar-refractivity contribution in [3.63, 3.8) is 0 Å². The van der Waals surface area contributed by atoms with E-state index < -0.39 is 0 Å². The molecule has 0 heterocycles. The number of benzene rings is 3. The third kappa shape index (κ3) is 6.10. The van der Waals surface area contributed by atoms with Crippen LogP contribution in [0.2, 0.25) is 0 Å². The highest BCUT2D eigenvalue weighted by atomic mass is 19.1. The molecule has 0 aliphatic rings. The molecule has 0 saturated heterocycles. The zero-order valence-corrected chi connectivity index (χ0v) is 17.1. The number of hydrogen-bond donors (Lipinski definition) is 0. The second kappa shape index (κ2) is 10.3. The molecule has 0 aliphatic heterocycles. The fourth-order valence-corrected chi connectivity index (χ4v) is 3.07. The number of hydrogen-bond acceptors (Lipinski definition) is 0. The molecule has 0 nitrogen and oxygen atoms in total. The van der Waals surface area contributed by atoms with Crippen LogP contribution in [0.25, 0.3) is 0 Å². The molecule has 1 heteroatoms. The summed E-state index contributed by atoms with van der Waals surface area (Å²) in [6.45, 7) is 4.27. The predicted octanol–water partition coefficient (Wildman–Crippen LogP) is 6.53. The quantitative estimate of drug-likeness (QED) is 0.451. The summed E-state index contributed by atoms with van der Waals surface area (Å²) in [5.41, 5.74) is 5.58.